The van der Waals surface area contributed by atoms with Gasteiger partial charge >= 0.3 is 0 Å². The first-order valence-electron chi connectivity index (χ1n) is 6.98. The Morgan fingerprint density at radius 2 is 1.95 bits per heavy atom. The molecule has 0 heterocycles. The maximum Gasteiger partial charge on any atom is 0.134 e. The highest BCUT2D eigenvalue weighted by atomic mass is 35.5. The second-order valence-corrected chi connectivity index (χ2v) is 5.26. The van der Waals surface area contributed by atoms with Gasteiger partial charge in [-0.05, 0) is 48.4 Å². The summed E-state index contributed by atoms with van der Waals surface area (Å²) >= 11 is 6.07. The number of methoxy groups -OCH3 is 1. The molecular formula is C17H19ClFNO. The summed E-state index contributed by atoms with van der Waals surface area (Å²) in [5, 5.41) is 3.93. The van der Waals surface area contributed by atoms with Gasteiger partial charge in [-0.25, -0.2) is 4.39 Å². The summed E-state index contributed by atoms with van der Waals surface area (Å²) in [6.45, 7) is 3.72. The van der Waals surface area contributed by atoms with Gasteiger partial charge in [0.25, 0.3) is 0 Å². The molecule has 0 unspecified atom stereocenters. The number of hydrogen-bond donors (Lipinski definition) is 1. The van der Waals surface area contributed by atoms with Crippen molar-refractivity contribution in [1.29, 1.82) is 0 Å². The Morgan fingerprint density at radius 1 is 1.14 bits per heavy atom. The summed E-state index contributed by atoms with van der Waals surface area (Å²) in [7, 11) is 1.52. The second-order valence-electron chi connectivity index (χ2n) is 4.82. The molecule has 21 heavy (non-hydrogen) atoms. The average molecular weight is 308 g/mol. The molecule has 4 heteroatoms. The first-order valence-corrected chi connectivity index (χ1v) is 7.36. The van der Waals surface area contributed by atoms with Crippen molar-refractivity contribution in [3.63, 3.8) is 0 Å². The summed E-state index contributed by atoms with van der Waals surface area (Å²) in [5.41, 5.74) is 2.37. The minimum Gasteiger partial charge on any atom is -0.497 e. The third-order valence-corrected chi connectivity index (χ3v) is 3.52. The van der Waals surface area contributed by atoms with Crippen LogP contribution in [-0.2, 0) is 6.54 Å². The molecular weight excluding hydrogens is 289 g/mol. The van der Waals surface area contributed by atoms with Crippen molar-refractivity contribution in [3.8, 4) is 16.9 Å². The van der Waals surface area contributed by atoms with Gasteiger partial charge in [-0.1, -0.05) is 24.6 Å². The lowest BCUT2D eigenvalue weighted by atomic mass is 9.99. The van der Waals surface area contributed by atoms with E-state index in [4.69, 9.17) is 16.3 Å². The highest BCUT2D eigenvalue weighted by Crippen LogP contribution is 2.31. The lowest BCUT2D eigenvalue weighted by molar-refractivity contribution is 0.411. The standard InChI is InChI=1S/C17H19ClFNO/c1-3-8-20-11-12-4-5-13(18)9-16(12)15-7-6-14(21-2)10-17(15)19/h4-7,9-10,20H,3,8,11H2,1-2H3. The van der Waals surface area contributed by atoms with Gasteiger partial charge in [0.05, 0.1) is 7.11 Å². The van der Waals surface area contributed by atoms with Gasteiger partial charge in [0.1, 0.15) is 11.6 Å². The largest absolute Gasteiger partial charge is 0.497 e. The fourth-order valence-electron chi connectivity index (χ4n) is 2.19. The molecule has 0 atom stereocenters. The lowest BCUT2D eigenvalue weighted by Crippen LogP contribution is -2.14. The third kappa shape index (κ3) is 3.96. The smallest absolute Gasteiger partial charge is 0.134 e. The molecule has 2 nitrogen and oxygen atoms in total. The van der Waals surface area contributed by atoms with Crippen molar-refractivity contribution in [2.45, 2.75) is 19.9 Å². The molecule has 0 bridgehead atoms. The van der Waals surface area contributed by atoms with Crippen molar-refractivity contribution in [1.82, 2.24) is 5.32 Å². The molecule has 0 saturated heterocycles. The van der Waals surface area contributed by atoms with Crippen molar-refractivity contribution < 1.29 is 9.13 Å². The van der Waals surface area contributed by atoms with Gasteiger partial charge in [-0.3, -0.25) is 0 Å². The van der Waals surface area contributed by atoms with Crippen molar-refractivity contribution >= 4 is 11.6 Å². The number of halogens is 2. The summed E-state index contributed by atoms with van der Waals surface area (Å²) in [6.07, 6.45) is 1.06. The van der Waals surface area contributed by atoms with Crippen LogP contribution in [0.3, 0.4) is 0 Å². The number of rotatable bonds is 6. The van der Waals surface area contributed by atoms with Crippen LogP contribution in [0.25, 0.3) is 11.1 Å². The fourth-order valence-corrected chi connectivity index (χ4v) is 2.37. The fraction of sp³-hybridized carbons (Fsp3) is 0.294. The van der Waals surface area contributed by atoms with Crippen LogP contribution >= 0.6 is 11.6 Å². The van der Waals surface area contributed by atoms with E-state index < -0.39 is 0 Å². The SMILES string of the molecule is CCCNCc1ccc(Cl)cc1-c1ccc(OC)cc1F. The van der Waals surface area contributed by atoms with E-state index in [1.807, 2.05) is 12.1 Å². The van der Waals surface area contributed by atoms with Gasteiger partial charge < -0.3 is 10.1 Å². The molecule has 0 amide bonds. The molecule has 1 N–H and O–H groups in total. The molecule has 0 aliphatic rings. The summed E-state index contributed by atoms with van der Waals surface area (Å²) < 4.78 is 19.3. The lowest BCUT2D eigenvalue weighted by Gasteiger charge is -2.13. The average Bonchev–Trinajstić information content (AvgIpc) is 2.49. The van der Waals surface area contributed by atoms with Crippen LogP contribution in [0, 0.1) is 5.82 Å². The molecule has 0 aliphatic carbocycles. The Hall–Kier alpha value is -1.58. The van der Waals surface area contributed by atoms with Gasteiger partial charge in [0, 0.05) is 23.2 Å². The van der Waals surface area contributed by atoms with Crippen molar-refractivity contribution in [3.05, 3.63) is 52.8 Å². The monoisotopic (exact) mass is 307 g/mol. The van der Waals surface area contributed by atoms with Crippen molar-refractivity contribution in [2.75, 3.05) is 13.7 Å². The predicted octanol–water partition coefficient (Wildman–Crippen LogP) is 4.65. The zero-order chi connectivity index (χ0) is 15.2. The molecule has 2 aromatic rings. The van der Waals surface area contributed by atoms with Crippen LogP contribution in [0.15, 0.2) is 36.4 Å². The summed E-state index contributed by atoms with van der Waals surface area (Å²) in [6, 6.07) is 10.4. The molecule has 2 rings (SSSR count). The first kappa shape index (κ1) is 15.8. The Labute approximate surface area is 129 Å². The van der Waals surface area contributed by atoms with E-state index in [1.54, 1.807) is 18.2 Å². The van der Waals surface area contributed by atoms with Crippen molar-refractivity contribution in [2.24, 2.45) is 0 Å². The Bertz CT molecular complexity index is 616. The Balaban J connectivity index is 2.39. The highest BCUT2D eigenvalue weighted by Gasteiger charge is 2.11. The van der Waals surface area contributed by atoms with Crippen LogP contribution in [0.1, 0.15) is 18.9 Å². The van der Waals surface area contributed by atoms with E-state index in [1.165, 1.54) is 13.2 Å². The van der Waals surface area contributed by atoms with E-state index in [9.17, 15) is 4.39 Å². The normalized spacial score (nSPS) is 10.7. The molecule has 0 aromatic heterocycles. The number of hydrogen-bond acceptors (Lipinski definition) is 2. The number of ether oxygens (including phenoxy) is 1. The van der Waals surface area contributed by atoms with Crippen LogP contribution in [-0.4, -0.2) is 13.7 Å². The van der Waals surface area contributed by atoms with E-state index >= 15 is 0 Å². The van der Waals surface area contributed by atoms with Gasteiger partial charge in [-0.2, -0.15) is 0 Å². The van der Waals surface area contributed by atoms with Gasteiger partial charge in [0.2, 0.25) is 0 Å². The van der Waals surface area contributed by atoms with Crippen LogP contribution in [0.5, 0.6) is 5.75 Å². The van der Waals surface area contributed by atoms with Gasteiger partial charge in [-0.15, -0.1) is 0 Å². The summed E-state index contributed by atoms with van der Waals surface area (Å²) in [5.74, 6) is 0.192. The van der Waals surface area contributed by atoms with Crippen LogP contribution in [0.2, 0.25) is 5.02 Å². The molecule has 0 spiro atoms. The first-order chi connectivity index (χ1) is 10.2. The summed E-state index contributed by atoms with van der Waals surface area (Å²) in [4.78, 5) is 0. The minimum atomic E-state index is -0.312. The van der Waals surface area contributed by atoms with E-state index in [0.29, 0.717) is 22.9 Å². The maximum absolute atomic E-state index is 14.3. The Kier molecular flexibility index (Phi) is 5.59. The number of benzene rings is 2. The second kappa shape index (κ2) is 7.43. The van der Waals surface area contributed by atoms with E-state index in [-0.39, 0.29) is 5.82 Å². The van der Waals surface area contributed by atoms with Crippen LogP contribution < -0.4 is 10.1 Å². The van der Waals surface area contributed by atoms with Gasteiger partial charge in [0.15, 0.2) is 0 Å². The molecule has 112 valence electrons. The molecule has 0 fully saturated rings. The van der Waals surface area contributed by atoms with E-state index in [0.717, 1.165) is 24.1 Å². The highest BCUT2D eigenvalue weighted by molar-refractivity contribution is 6.30. The minimum absolute atomic E-state index is 0.312. The van der Waals surface area contributed by atoms with Crippen LogP contribution in [0.4, 0.5) is 4.39 Å². The zero-order valence-corrected chi connectivity index (χ0v) is 13.0. The predicted molar refractivity (Wildman–Crippen MR) is 85.4 cm³/mol. The molecule has 0 aliphatic heterocycles. The zero-order valence-electron chi connectivity index (χ0n) is 12.2. The Morgan fingerprint density at radius 3 is 2.62 bits per heavy atom. The number of nitrogens with one attached hydrogen (secondary N) is 1. The third-order valence-electron chi connectivity index (χ3n) is 3.28. The topological polar surface area (TPSA) is 21.3 Å². The van der Waals surface area contributed by atoms with E-state index in [2.05, 4.69) is 12.2 Å². The molecule has 0 radical (unpaired) electrons. The maximum atomic E-state index is 14.3. The molecule has 0 saturated carbocycles. The quantitative estimate of drug-likeness (QED) is 0.784. The molecule has 2 aromatic carbocycles.